The van der Waals surface area contributed by atoms with Crippen LogP contribution in [0, 0.1) is 0 Å². The first kappa shape index (κ1) is 10.3. The van der Waals surface area contributed by atoms with E-state index in [1.54, 1.807) is 16.7 Å². The van der Waals surface area contributed by atoms with E-state index in [9.17, 15) is 0 Å². The normalized spacial score (nSPS) is 21.8. The predicted molar refractivity (Wildman–Crippen MR) is 65.9 cm³/mol. The van der Waals surface area contributed by atoms with E-state index in [0.29, 0.717) is 0 Å². The molecule has 1 aliphatic heterocycles. The average Bonchev–Trinajstić information content (AvgIpc) is 2.39. The lowest BCUT2D eigenvalue weighted by Gasteiger charge is -2.24. The van der Waals surface area contributed by atoms with Gasteiger partial charge in [-0.15, -0.1) is 0 Å². The van der Waals surface area contributed by atoms with Crippen LogP contribution in [-0.2, 0) is 17.6 Å². The fourth-order valence-corrected chi connectivity index (χ4v) is 3.04. The summed E-state index contributed by atoms with van der Waals surface area (Å²) in [6.45, 7) is 1.89. The molecule has 1 heteroatoms. The number of fused-ring (bicyclic) bond motifs is 1. The Kier molecular flexibility index (Phi) is 2.96. The van der Waals surface area contributed by atoms with E-state index in [2.05, 4.69) is 18.2 Å². The van der Waals surface area contributed by atoms with Gasteiger partial charge in [-0.05, 0) is 61.1 Å². The Labute approximate surface area is 97.8 Å². The van der Waals surface area contributed by atoms with Crippen LogP contribution in [0.4, 0.5) is 0 Å². The number of ether oxygens (including phenoxy) is 1. The smallest absolute Gasteiger partial charge is 0.0471 e. The minimum Gasteiger partial charge on any atom is -0.381 e. The molecule has 1 aromatic carbocycles. The van der Waals surface area contributed by atoms with Crippen molar-refractivity contribution in [3.05, 3.63) is 34.9 Å². The Balaban J connectivity index is 1.84. The molecule has 86 valence electrons. The monoisotopic (exact) mass is 216 g/mol. The number of rotatable bonds is 1. The Morgan fingerprint density at radius 2 is 1.69 bits per heavy atom. The molecule has 0 N–H and O–H groups in total. The van der Waals surface area contributed by atoms with Crippen LogP contribution in [0.1, 0.15) is 48.3 Å². The minimum atomic E-state index is 0.751. The van der Waals surface area contributed by atoms with E-state index in [-0.39, 0.29) is 0 Å². The molecule has 0 unspecified atom stereocenters. The Morgan fingerprint density at radius 3 is 2.50 bits per heavy atom. The molecule has 1 fully saturated rings. The summed E-state index contributed by atoms with van der Waals surface area (Å²) in [6, 6.07) is 7.21. The number of hydrogen-bond donors (Lipinski definition) is 0. The van der Waals surface area contributed by atoms with Crippen molar-refractivity contribution in [2.75, 3.05) is 13.2 Å². The highest BCUT2D eigenvalue weighted by atomic mass is 16.5. The molecule has 0 radical (unpaired) electrons. The molecule has 1 aromatic rings. The van der Waals surface area contributed by atoms with Crippen molar-refractivity contribution >= 4 is 0 Å². The molecule has 3 rings (SSSR count). The first-order chi connectivity index (χ1) is 7.93. The summed E-state index contributed by atoms with van der Waals surface area (Å²) in [5, 5.41) is 0. The van der Waals surface area contributed by atoms with Crippen LogP contribution in [0.3, 0.4) is 0 Å². The Morgan fingerprint density at radius 1 is 0.938 bits per heavy atom. The molecule has 1 saturated heterocycles. The second-order valence-electron chi connectivity index (χ2n) is 5.12. The maximum absolute atomic E-state index is 5.43. The van der Waals surface area contributed by atoms with E-state index in [0.717, 1.165) is 19.1 Å². The van der Waals surface area contributed by atoms with E-state index in [4.69, 9.17) is 4.74 Å². The standard InChI is InChI=1S/C15H20O/c1-2-4-14-11-15(6-5-12(14)3-1)13-7-9-16-10-8-13/h5-6,11,13H,1-4,7-10H2. The Hall–Kier alpha value is -0.820. The van der Waals surface area contributed by atoms with Crippen molar-refractivity contribution in [2.24, 2.45) is 0 Å². The molecule has 1 aliphatic carbocycles. The fraction of sp³-hybridized carbons (Fsp3) is 0.600. The van der Waals surface area contributed by atoms with Crippen molar-refractivity contribution in [3.8, 4) is 0 Å². The molecule has 0 atom stereocenters. The van der Waals surface area contributed by atoms with E-state index in [1.165, 1.54) is 38.5 Å². The van der Waals surface area contributed by atoms with Gasteiger partial charge >= 0.3 is 0 Å². The van der Waals surface area contributed by atoms with Gasteiger partial charge in [-0.2, -0.15) is 0 Å². The van der Waals surface area contributed by atoms with Crippen molar-refractivity contribution < 1.29 is 4.74 Å². The molecule has 0 spiro atoms. The van der Waals surface area contributed by atoms with Gasteiger partial charge in [0.1, 0.15) is 0 Å². The lowest BCUT2D eigenvalue weighted by Crippen LogP contribution is -2.14. The molecule has 0 amide bonds. The summed E-state index contributed by atoms with van der Waals surface area (Å²) >= 11 is 0. The quantitative estimate of drug-likeness (QED) is 0.698. The Bertz CT molecular complexity index is 364. The van der Waals surface area contributed by atoms with E-state index >= 15 is 0 Å². The highest BCUT2D eigenvalue weighted by Crippen LogP contribution is 2.30. The number of aryl methyl sites for hydroxylation is 2. The molecule has 16 heavy (non-hydrogen) atoms. The van der Waals surface area contributed by atoms with Gasteiger partial charge in [0.2, 0.25) is 0 Å². The number of hydrogen-bond acceptors (Lipinski definition) is 1. The zero-order valence-electron chi connectivity index (χ0n) is 9.87. The van der Waals surface area contributed by atoms with Crippen molar-refractivity contribution in [1.82, 2.24) is 0 Å². The maximum Gasteiger partial charge on any atom is 0.0471 e. The molecular weight excluding hydrogens is 196 g/mol. The van der Waals surface area contributed by atoms with Gasteiger partial charge in [-0.1, -0.05) is 18.2 Å². The van der Waals surface area contributed by atoms with Gasteiger partial charge in [0.05, 0.1) is 0 Å². The second kappa shape index (κ2) is 4.58. The summed E-state index contributed by atoms with van der Waals surface area (Å²) in [5.74, 6) is 0.751. The third-order valence-electron chi connectivity index (χ3n) is 4.07. The average molecular weight is 216 g/mol. The lowest BCUT2D eigenvalue weighted by atomic mass is 9.85. The van der Waals surface area contributed by atoms with Crippen LogP contribution in [0.25, 0.3) is 0 Å². The van der Waals surface area contributed by atoms with Gasteiger partial charge in [-0.25, -0.2) is 0 Å². The zero-order chi connectivity index (χ0) is 10.8. The molecule has 1 nitrogen and oxygen atoms in total. The fourth-order valence-electron chi connectivity index (χ4n) is 3.04. The van der Waals surface area contributed by atoms with Gasteiger partial charge in [0.25, 0.3) is 0 Å². The summed E-state index contributed by atoms with van der Waals surface area (Å²) in [6.07, 6.45) is 7.77. The molecule has 0 aromatic heterocycles. The van der Waals surface area contributed by atoms with Gasteiger partial charge in [0, 0.05) is 13.2 Å². The van der Waals surface area contributed by atoms with E-state index < -0.39 is 0 Å². The largest absolute Gasteiger partial charge is 0.381 e. The second-order valence-corrected chi connectivity index (χ2v) is 5.12. The van der Waals surface area contributed by atoms with Crippen molar-refractivity contribution in [3.63, 3.8) is 0 Å². The molecule has 2 aliphatic rings. The van der Waals surface area contributed by atoms with Crippen molar-refractivity contribution in [1.29, 1.82) is 0 Å². The zero-order valence-corrected chi connectivity index (χ0v) is 9.87. The molecule has 0 saturated carbocycles. The van der Waals surface area contributed by atoms with Crippen LogP contribution in [-0.4, -0.2) is 13.2 Å². The van der Waals surface area contributed by atoms with Crippen LogP contribution in [0.2, 0.25) is 0 Å². The van der Waals surface area contributed by atoms with Gasteiger partial charge in [0.15, 0.2) is 0 Å². The summed E-state index contributed by atoms with van der Waals surface area (Å²) < 4.78 is 5.43. The van der Waals surface area contributed by atoms with Crippen LogP contribution in [0.5, 0.6) is 0 Å². The summed E-state index contributed by atoms with van der Waals surface area (Å²) in [4.78, 5) is 0. The number of benzene rings is 1. The third-order valence-corrected chi connectivity index (χ3v) is 4.07. The lowest BCUT2D eigenvalue weighted by molar-refractivity contribution is 0.0853. The third kappa shape index (κ3) is 2.01. The first-order valence-electron chi connectivity index (χ1n) is 6.63. The minimum absolute atomic E-state index is 0.751. The van der Waals surface area contributed by atoms with Crippen LogP contribution >= 0.6 is 0 Å². The topological polar surface area (TPSA) is 9.23 Å². The van der Waals surface area contributed by atoms with Crippen LogP contribution < -0.4 is 0 Å². The van der Waals surface area contributed by atoms with Gasteiger partial charge in [-0.3, -0.25) is 0 Å². The molecule has 0 bridgehead atoms. The van der Waals surface area contributed by atoms with Gasteiger partial charge < -0.3 is 4.74 Å². The maximum atomic E-state index is 5.43. The molecular formula is C15H20O. The highest BCUT2D eigenvalue weighted by molar-refractivity contribution is 5.35. The predicted octanol–water partition coefficient (Wildman–Crippen LogP) is 3.46. The first-order valence-corrected chi connectivity index (χ1v) is 6.63. The van der Waals surface area contributed by atoms with Crippen LogP contribution in [0.15, 0.2) is 18.2 Å². The van der Waals surface area contributed by atoms with E-state index in [1.807, 2.05) is 0 Å². The SMILES string of the molecule is c1cc2c(cc1C1CCOCC1)CCCC2. The summed E-state index contributed by atoms with van der Waals surface area (Å²) in [7, 11) is 0. The van der Waals surface area contributed by atoms with Crippen molar-refractivity contribution in [2.45, 2.75) is 44.4 Å². The highest BCUT2D eigenvalue weighted by Gasteiger charge is 2.17. The molecule has 1 heterocycles. The summed E-state index contributed by atoms with van der Waals surface area (Å²) in [5.41, 5.74) is 4.78.